The number of carbonyl (C=O) groups excluding carboxylic acids is 1. The van der Waals surface area contributed by atoms with E-state index in [1.807, 2.05) is 0 Å². The molecule has 0 spiro atoms. The van der Waals surface area contributed by atoms with E-state index in [4.69, 9.17) is 11.6 Å². The predicted molar refractivity (Wildman–Crippen MR) is 132 cm³/mol. The van der Waals surface area contributed by atoms with Crippen LogP contribution in [0.5, 0.6) is 5.75 Å². The molecule has 35 heavy (non-hydrogen) atoms. The van der Waals surface area contributed by atoms with E-state index in [9.17, 15) is 22.7 Å². The monoisotopic (exact) mass is 521 g/mol. The summed E-state index contributed by atoms with van der Waals surface area (Å²) in [4.78, 5) is 17.1. The molecule has 2 saturated heterocycles. The molecule has 7 nitrogen and oxygen atoms in total. The van der Waals surface area contributed by atoms with Crippen molar-refractivity contribution in [3.63, 3.8) is 0 Å². The average molecular weight is 522 g/mol. The van der Waals surface area contributed by atoms with Crippen LogP contribution in [0.2, 0.25) is 5.02 Å². The Bertz CT molecular complexity index is 1270. The molecular formula is C25H29ClFN3O4S. The van der Waals surface area contributed by atoms with Crippen LogP contribution in [0.15, 0.2) is 35.2 Å². The zero-order valence-electron chi connectivity index (χ0n) is 19.7. The molecule has 2 aliphatic heterocycles. The third-order valence-corrected chi connectivity index (χ3v) is 9.50. The number of fused-ring (bicyclic) bond motifs is 2. The molecular weight excluding hydrogens is 493 g/mol. The van der Waals surface area contributed by atoms with Crippen LogP contribution in [0, 0.1) is 18.7 Å². The summed E-state index contributed by atoms with van der Waals surface area (Å²) in [5.74, 6) is -0.277. The van der Waals surface area contributed by atoms with Gasteiger partial charge in [-0.05, 0) is 74.4 Å². The van der Waals surface area contributed by atoms with Gasteiger partial charge < -0.3 is 14.9 Å². The second kappa shape index (κ2) is 8.94. The van der Waals surface area contributed by atoms with Gasteiger partial charge in [-0.1, -0.05) is 11.6 Å². The second-order valence-corrected chi connectivity index (χ2v) is 12.4. The zero-order chi connectivity index (χ0) is 25.1. The van der Waals surface area contributed by atoms with Gasteiger partial charge >= 0.3 is 0 Å². The van der Waals surface area contributed by atoms with Gasteiger partial charge in [-0.25, -0.2) is 17.1 Å². The molecule has 0 aromatic heterocycles. The molecule has 2 heterocycles. The summed E-state index contributed by atoms with van der Waals surface area (Å²) in [6.07, 6.45) is 3.72. The van der Waals surface area contributed by atoms with Crippen molar-refractivity contribution in [2.75, 3.05) is 31.6 Å². The van der Waals surface area contributed by atoms with Gasteiger partial charge in [0.1, 0.15) is 11.6 Å². The first-order valence-electron chi connectivity index (χ1n) is 11.9. The highest BCUT2D eigenvalue weighted by atomic mass is 35.5. The van der Waals surface area contributed by atoms with E-state index in [2.05, 4.69) is 4.90 Å². The molecule has 3 aliphatic rings. The van der Waals surface area contributed by atoms with E-state index >= 15 is 0 Å². The Hall–Kier alpha value is -2.36. The van der Waals surface area contributed by atoms with Gasteiger partial charge in [-0.15, -0.1) is 0 Å². The van der Waals surface area contributed by atoms with Gasteiger partial charge in [0, 0.05) is 38.8 Å². The van der Waals surface area contributed by atoms with Crippen LogP contribution in [-0.4, -0.2) is 67.4 Å². The minimum atomic E-state index is -3.69. The smallest absolute Gasteiger partial charge is 0.255 e. The summed E-state index contributed by atoms with van der Waals surface area (Å²) in [5.41, 5.74) is 1.24. The molecule has 1 aliphatic carbocycles. The third-order valence-electron chi connectivity index (χ3n) is 7.38. The van der Waals surface area contributed by atoms with Gasteiger partial charge in [0.15, 0.2) is 0 Å². The molecule has 2 aromatic carbocycles. The van der Waals surface area contributed by atoms with Crippen molar-refractivity contribution in [2.45, 2.75) is 49.6 Å². The van der Waals surface area contributed by atoms with Crippen LogP contribution < -0.4 is 4.90 Å². The summed E-state index contributed by atoms with van der Waals surface area (Å²) in [6, 6.07) is 6.68. The molecule has 2 atom stereocenters. The Morgan fingerprint density at radius 3 is 2.40 bits per heavy atom. The number of likely N-dealkylation sites (tertiary alicyclic amines) is 1. The average Bonchev–Trinajstić information content (AvgIpc) is 3.58. The highest BCUT2D eigenvalue weighted by Crippen LogP contribution is 2.43. The maximum atomic E-state index is 13.4. The Labute approximate surface area is 210 Å². The van der Waals surface area contributed by atoms with Crippen molar-refractivity contribution in [3.8, 4) is 5.75 Å². The number of rotatable bonds is 6. The van der Waals surface area contributed by atoms with Crippen molar-refractivity contribution >= 4 is 33.2 Å². The largest absolute Gasteiger partial charge is 0.505 e. The molecule has 188 valence electrons. The van der Waals surface area contributed by atoms with Crippen molar-refractivity contribution in [2.24, 2.45) is 5.92 Å². The zero-order valence-corrected chi connectivity index (χ0v) is 21.3. The van der Waals surface area contributed by atoms with E-state index in [-0.39, 0.29) is 39.2 Å². The van der Waals surface area contributed by atoms with E-state index in [1.165, 1.54) is 22.5 Å². The van der Waals surface area contributed by atoms with Gasteiger partial charge in [-0.3, -0.25) is 4.79 Å². The molecule has 2 unspecified atom stereocenters. The number of hydrogen-bond acceptors (Lipinski definition) is 5. The lowest BCUT2D eigenvalue weighted by atomic mass is 10.1. The number of benzene rings is 2. The number of aryl methyl sites for hydroxylation is 1. The number of phenols is 1. The first-order chi connectivity index (χ1) is 16.6. The lowest BCUT2D eigenvalue weighted by molar-refractivity contribution is 0.0718. The molecule has 5 rings (SSSR count). The Morgan fingerprint density at radius 1 is 1.14 bits per heavy atom. The molecule has 0 radical (unpaired) electrons. The minimum absolute atomic E-state index is 0.0621. The normalized spacial score (nSPS) is 22.2. The minimum Gasteiger partial charge on any atom is -0.505 e. The molecule has 2 bridgehead atoms. The van der Waals surface area contributed by atoms with Crippen LogP contribution in [0.25, 0.3) is 0 Å². The van der Waals surface area contributed by atoms with Crippen LogP contribution in [0.3, 0.4) is 0 Å². The third kappa shape index (κ3) is 4.49. The quantitative estimate of drug-likeness (QED) is 0.621. The van der Waals surface area contributed by atoms with Crippen LogP contribution in [0.1, 0.15) is 41.6 Å². The number of hydrogen-bond donors (Lipinski definition) is 1. The summed E-state index contributed by atoms with van der Waals surface area (Å²) >= 11 is 6.12. The van der Waals surface area contributed by atoms with E-state index in [0.29, 0.717) is 36.8 Å². The molecule has 2 aromatic rings. The molecule has 3 fully saturated rings. The van der Waals surface area contributed by atoms with Gasteiger partial charge in [0.2, 0.25) is 10.0 Å². The predicted octanol–water partition coefficient (Wildman–Crippen LogP) is 4.02. The fraction of sp³-hybridized carbons (Fsp3) is 0.480. The number of piperazine rings is 1. The number of carbonyl (C=O) groups is 1. The lowest BCUT2D eigenvalue weighted by Gasteiger charge is -2.43. The number of amides is 1. The summed E-state index contributed by atoms with van der Waals surface area (Å²) < 4.78 is 41.4. The molecule has 1 amide bonds. The standard InChI is InChI=1S/C25H29ClFN3O4S/c1-15-9-20(35(33,34)28(2)12-16-3-4-16)11-23(24(15)31)30-18-6-7-19(30)14-29(13-18)25(32)21-8-5-17(27)10-22(21)26/h5,8-11,16,18-19,31H,3-4,6-7,12-14H2,1-2H3. The van der Waals surface area contributed by atoms with Gasteiger partial charge in [-0.2, -0.15) is 0 Å². The van der Waals surface area contributed by atoms with Crippen LogP contribution in [-0.2, 0) is 10.0 Å². The Balaban J connectivity index is 1.42. The summed E-state index contributed by atoms with van der Waals surface area (Å²) in [6.45, 7) is 3.01. The molecule has 10 heteroatoms. The number of anilines is 1. The Morgan fingerprint density at radius 2 is 1.80 bits per heavy atom. The fourth-order valence-corrected chi connectivity index (χ4v) is 6.91. The first kappa shape index (κ1) is 24.3. The topological polar surface area (TPSA) is 81.2 Å². The van der Waals surface area contributed by atoms with Gasteiger partial charge in [0.25, 0.3) is 5.91 Å². The number of sulfonamides is 1. The van der Waals surface area contributed by atoms with Crippen LogP contribution in [0.4, 0.5) is 10.1 Å². The second-order valence-electron chi connectivity index (χ2n) is 9.96. The van der Waals surface area contributed by atoms with E-state index in [1.54, 1.807) is 24.9 Å². The Kier molecular flexibility index (Phi) is 6.22. The lowest BCUT2D eigenvalue weighted by Crippen LogP contribution is -2.55. The maximum Gasteiger partial charge on any atom is 0.255 e. The fourth-order valence-electron chi connectivity index (χ4n) is 5.31. The SMILES string of the molecule is Cc1cc(S(=O)(=O)N(C)CC2CC2)cc(N2C3CCC2CN(C(=O)c2ccc(F)cc2Cl)C3)c1O. The van der Waals surface area contributed by atoms with E-state index in [0.717, 1.165) is 31.7 Å². The van der Waals surface area contributed by atoms with E-state index < -0.39 is 15.8 Å². The van der Waals surface area contributed by atoms with Crippen molar-refractivity contribution < 1.29 is 22.7 Å². The number of halogens is 2. The maximum absolute atomic E-state index is 13.4. The molecule has 1 saturated carbocycles. The molecule has 1 N–H and O–H groups in total. The van der Waals surface area contributed by atoms with Crippen molar-refractivity contribution in [1.29, 1.82) is 0 Å². The highest BCUT2D eigenvalue weighted by molar-refractivity contribution is 7.89. The summed E-state index contributed by atoms with van der Waals surface area (Å²) in [7, 11) is -2.09. The van der Waals surface area contributed by atoms with Crippen molar-refractivity contribution in [3.05, 3.63) is 52.3 Å². The van der Waals surface area contributed by atoms with Crippen LogP contribution >= 0.6 is 11.6 Å². The summed E-state index contributed by atoms with van der Waals surface area (Å²) in [5, 5.41) is 11.0. The number of aromatic hydroxyl groups is 1. The van der Waals surface area contributed by atoms with Gasteiger partial charge in [0.05, 0.1) is 21.2 Å². The highest BCUT2D eigenvalue weighted by Gasteiger charge is 2.43. The first-order valence-corrected chi connectivity index (χ1v) is 13.7. The number of nitrogens with zero attached hydrogens (tertiary/aromatic N) is 3. The number of phenolic OH excluding ortho intramolecular Hbond substituents is 1. The van der Waals surface area contributed by atoms with Crippen molar-refractivity contribution in [1.82, 2.24) is 9.21 Å².